The summed E-state index contributed by atoms with van der Waals surface area (Å²) >= 11 is 0. The lowest BCUT2D eigenvalue weighted by molar-refractivity contribution is -0.156. The lowest BCUT2D eigenvalue weighted by Crippen LogP contribution is -2.46. The minimum atomic E-state index is -4.59. The van der Waals surface area contributed by atoms with Crippen molar-refractivity contribution in [1.82, 2.24) is 15.0 Å². The quantitative estimate of drug-likeness (QED) is 0.858. The Balaban J connectivity index is 1.56. The molecule has 0 aromatic carbocycles. The molecule has 2 aliphatic heterocycles. The van der Waals surface area contributed by atoms with E-state index in [0.717, 1.165) is 12.8 Å². The summed E-state index contributed by atoms with van der Waals surface area (Å²) in [6, 6.07) is -0.506. The molecule has 0 radical (unpaired) electrons. The van der Waals surface area contributed by atoms with Crippen LogP contribution in [-0.4, -0.2) is 52.4 Å². The maximum absolute atomic E-state index is 12.8. The summed E-state index contributed by atoms with van der Waals surface area (Å²) in [4.78, 5) is 27.3. The van der Waals surface area contributed by atoms with E-state index >= 15 is 0 Å². The Kier molecular flexibility index (Phi) is 5.22. The number of alkyl halides is 3. The van der Waals surface area contributed by atoms with Gasteiger partial charge in [-0.2, -0.15) is 13.2 Å². The van der Waals surface area contributed by atoms with Crippen LogP contribution in [-0.2, 0) is 28.7 Å². The Morgan fingerprint density at radius 2 is 2.04 bits per heavy atom. The van der Waals surface area contributed by atoms with Gasteiger partial charge in [-0.3, -0.25) is 9.59 Å². The van der Waals surface area contributed by atoms with E-state index in [9.17, 15) is 22.8 Å². The largest absolute Gasteiger partial charge is 0.452 e. The summed E-state index contributed by atoms with van der Waals surface area (Å²) in [5.41, 5.74) is 6.16. The van der Waals surface area contributed by atoms with Crippen LogP contribution in [0.1, 0.15) is 42.7 Å². The van der Waals surface area contributed by atoms with Gasteiger partial charge in [0.25, 0.3) is 0 Å². The van der Waals surface area contributed by atoms with Gasteiger partial charge in [-0.05, 0) is 19.3 Å². The second-order valence-corrected chi connectivity index (χ2v) is 6.76. The number of amides is 2. The molecular formula is C16H21F3N4O3. The molecule has 0 spiro atoms. The monoisotopic (exact) mass is 374 g/mol. The smallest absolute Gasteiger partial charge is 0.351 e. The van der Waals surface area contributed by atoms with E-state index < -0.39 is 18.0 Å². The fourth-order valence-corrected chi connectivity index (χ4v) is 3.42. The number of aromatic nitrogens is 1. The average molecular weight is 374 g/mol. The van der Waals surface area contributed by atoms with E-state index in [-0.39, 0.29) is 49.0 Å². The summed E-state index contributed by atoms with van der Waals surface area (Å²) in [5, 5.41) is 3.47. The van der Waals surface area contributed by atoms with Crippen LogP contribution in [0.15, 0.2) is 4.52 Å². The van der Waals surface area contributed by atoms with Crippen molar-refractivity contribution in [1.29, 1.82) is 0 Å². The van der Waals surface area contributed by atoms with Crippen molar-refractivity contribution in [2.45, 2.75) is 50.9 Å². The van der Waals surface area contributed by atoms with Gasteiger partial charge in [0.15, 0.2) is 0 Å². The molecule has 3 heterocycles. The first-order chi connectivity index (χ1) is 12.3. The van der Waals surface area contributed by atoms with Gasteiger partial charge in [0, 0.05) is 44.1 Å². The molecule has 2 aliphatic rings. The minimum absolute atomic E-state index is 0.0183. The number of hydrogen-bond donors (Lipinski definition) is 1. The summed E-state index contributed by atoms with van der Waals surface area (Å²) in [7, 11) is 0. The number of nitrogens with two attached hydrogens (primary N) is 1. The fraction of sp³-hybridized carbons (Fsp3) is 0.688. The Morgan fingerprint density at radius 1 is 1.27 bits per heavy atom. The predicted octanol–water partition coefficient (Wildman–Crippen LogP) is 1.31. The Labute approximate surface area is 148 Å². The van der Waals surface area contributed by atoms with Crippen LogP contribution in [0.3, 0.4) is 0 Å². The first-order valence-corrected chi connectivity index (χ1v) is 8.61. The molecule has 0 bridgehead atoms. The maximum Gasteiger partial charge on any atom is 0.452 e. The van der Waals surface area contributed by atoms with Crippen LogP contribution in [0.5, 0.6) is 0 Å². The second-order valence-electron chi connectivity index (χ2n) is 6.76. The van der Waals surface area contributed by atoms with Crippen LogP contribution >= 0.6 is 0 Å². The Morgan fingerprint density at radius 3 is 2.73 bits per heavy atom. The third-order valence-electron chi connectivity index (χ3n) is 4.77. The average Bonchev–Trinajstić information content (AvgIpc) is 3.00. The number of likely N-dealkylation sites (tertiary alicyclic amines) is 1. The van der Waals surface area contributed by atoms with Gasteiger partial charge in [-0.25, -0.2) is 0 Å². The van der Waals surface area contributed by atoms with Gasteiger partial charge < -0.3 is 20.1 Å². The van der Waals surface area contributed by atoms with Crippen molar-refractivity contribution in [3.05, 3.63) is 17.0 Å². The van der Waals surface area contributed by atoms with E-state index in [0.29, 0.717) is 19.5 Å². The van der Waals surface area contributed by atoms with E-state index in [1.807, 2.05) is 0 Å². The standard InChI is InChI=1S/C16H21F3N4O3/c17-16(18,19)15-11-4-6-23(9-12(11)21-26-15)14(25)7-10(20)8-22-5-2-1-3-13(22)24/h10H,1-9,20H2/t10-/m0/s1. The molecule has 10 heteroatoms. The van der Waals surface area contributed by atoms with Gasteiger partial charge >= 0.3 is 6.18 Å². The number of carbonyl (C=O) groups excluding carboxylic acids is 2. The topological polar surface area (TPSA) is 92.7 Å². The molecule has 1 aromatic rings. The van der Waals surface area contributed by atoms with Crippen molar-refractivity contribution in [3.8, 4) is 0 Å². The van der Waals surface area contributed by atoms with Gasteiger partial charge in [0.2, 0.25) is 17.6 Å². The van der Waals surface area contributed by atoms with Crippen molar-refractivity contribution in [3.63, 3.8) is 0 Å². The number of rotatable bonds is 4. The maximum atomic E-state index is 12.8. The minimum Gasteiger partial charge on any atom is -0.351 e. The molecule has 3 rings (SSSR count). The third kappa shape index (κ3) is 4.00. The lowest BCUT2D eigenvalue weighted by Gasteiger charge is -2.31. The van der Waals surface area contributed by atoms with Crippen molar-refractivity contribution < 1.29 is 27.3 Å². The van der Waals surface area contributed by atoms with E-state index in [2.05, 4.69) is 9.68 Å². The Hall–Kier alpha value is -2.10. The van der Waals surface area contributed by atoms with Crippen LogP contribution in [0.2, 0.25) is 0 Å². The molecule has 1 aromatic heterocycles. The van der Waals surface area contributed by atoms with Crippen molar-refractivity contribution in [2.75, 3.05) is 19.6 Å². The summed E-state index contributed by atoms with van der Waals surface area (Å²) in [5.74, 6) is -1.30. The number of nitrogens with zero attached hydrogens (tertiary/aromatic N) is 3. The summed E-state index contributed by atoms with van der Waals surface area (Å²) in [6.45, 7) is 1.09. The van der Waals surface area contributed by atoms with Crippen molar-refractivity contribution >= 4 is 11.8 Å². The van der Waals surface area contributed by atoms with Crippen LogP contribution in [0.25, 0.3) is 0 Å². The van der Waals surface area contributed by atoms with Crippen molar-refractivity contribution in [2.24, 2.45) is 5.73 Å². The highest BCUT2D eigenvalue weighted by atomic mass is 19.4. The molecule has 0 unspecified atom stereocenters. The zero-order chi connectivity index (χ0) is 18.9. The first-order valence-electron chi connectivity index (χ1n) is 8.61. The molecule has 0 saturated carbocycles. The molecular weight excluding hydrogens is 353 g/mol. The zero-order valence-corrected chi connectivity index (χ0v) is 14.2. The molecule has 0 aliphatic carbocycles. The van der Waals surface area contributed by atoms with E-state index in [4.69, 9.17) is 5.73 Å². The van der Waals surface area contributed by atoms with Gasteiger partial charge in [-0.1, -0.05) is 5.16 Å². The first kappa shape index (κ1) is 18.7. The highest BCUT2D eigenvalue weighted by molar-refractivity contribution is 5.78. The van der Waals surface area contributed by atoms with E-state index in [1.165, 1.54) is 4.90 Å². The zero-order valence-electron chi connectivity index (χ0n) is 14.2. The van der Waals surface area contributed by atoms with Gasteiger partial charge in [0.1, 0.15) is 5.69 Å². The molecule has 1 atom stereocenters. The van der Waals surface area contributed by atoms with Gasteiger partial charge in [-0.15, -0.1) is 0 Å². The van der Waals surface area contributed by atoms with E-state index in [1.54, 1.807) is 4.90 Å². The summed E-state index contributed by atoms with van der Waals surface area (Å²) in [6.07, 6.45) is -2.21. The molecule has 2 N–H and O–H groups in total. The Bertz CT molecular complexity index is 689. The van der Waals surface area contributed by atoms with Crippen LogP contribution < -0.4 is 5.73 Å². The molecule has 7 nitrogen and oxygen atoms in total. The summed E-state index contributed by atoms with van der Waals surface area (Å²) < 4.78 is 42.9. The SMILES string of the molecule is N[C@@H](CC(=O)N1CCc2c(noc2C(F)(F)F)C1)CN1CCCCC1=O. The van der Waals surface area contributed by atoms with Crippen LogP contribution in [0, 0.1) is 0 Å². The molecule has 2 amide bonds. The normalized spacial score (nSPS) is 19.5. The third-order valence-corrected chi connectivity index (χ3v) is 4.77. The molecule has 1 saturated heterocycles. The molecule has 1 fully saturated rings. The highest BCUT2D eigenvalue weighted by Crippen LogP contribution is 2.35. The lowest BCUT2D eigenvalue weighted by atomic mass is 10.0. The predicted molar refractivity (Wildman–Crippen MR) is 83.6 cm³/mol. The highest BCUT2D eigenvalue weighted by Gasteiger charge is 2.41. The molecule has 144 valence electrons. The fourth-order valence-electron chi connectivity index (χ4n) is 3.42. The number of carbonyl (C=O) groups is 2. The second kappa shape index (κ2) is 7.26. The number of fused-ring (bicyclic) bond motifs is 1. The number of hydrogen-bond acceptors (Lipinski definition) is 5. The number of piperidine rings is 1. The number of halogens is 3. The van der Waals surface area contributed by atoms with Crippen LogP contribution in [0.4, 0.5) is 13.2 Å². The molecule has 26 heavy (non-hydrogen) atoms. The van der Waals surface area contributed by atoms with Gasteiger partial charge in [0.05, 0.1) is 6.54 Å².